The van der Waals surface area contributed by atoms with Crippen molar-refractivity contribution < 1.29 is 9.26 Å². The van der Waals surface area contributed by atoms with Crippen LogP contribution in [0.2, 0.25) is 0 Å². The molecule has 2 aliphatic rings. The van der Waals surface area contributed by atoms with Crippen LogP contribution in [0.25, 0.3) is 0 Å². The second-order valence-electron chi connectivity index (χ2n) is 7.79. The third-order valence-electron chi connectivity index (χ3n) is 5.43. The molecule has 29 heavy (non-hydrogen) atoms. The summed E-state index contributed by atoms with van der Waals surface area (Å²) in [6.45, 7) is 9.13. The normalized spacial score (nSPS) is 18.1. The van der Waals surface area contributed by atoms with Crippen LogP contribution in [0.1, 0.15) is 31.0 Å². The highest BCUT2D eigenvalue weighted by Crippen LogP contribution is 2.30. The molecule has 7 heteroatoms. The highest BCUT2D eigenvalue weighted by Gasteiger charge is 2.23. The number of rotatable bonds is 8. The summed E-state index contributed by atoms with van der Waals surface area (Å²) in [7, 11) is 0. The van der Waals surface area contributed by atoms with Gasteiger partial charge in [-0.2, -0.15) is 0 Å². The van der Waals surface area contributed by atoms with E-state index >= 15 is 0 Å². The van der Waals surface area contributed by atoms with Crippen LogP contribution in [0.4, 0.5) is 0 Å². The van der Waals surface area contributed by atoms with Gasteiger partial charge < -0.3 is 19.5 Å². The van der Waals surface area contributed by atoms with Gasteiger partial charge in [0.1, 0.15) is 12.0 Å². The minimum Gasteiger partial charge on any atom is -0.493 e. The van der Waals surface area contributed by atoms with Crippen LogP contribution < -0.4 is 10.1 Å². The smallest absolute Gasteiger partial charge is 0.194 e. The zero-order valence-corrected chi connectivity index (χ0v) is 17.2. The van der Waals surface area contributed by atoms with E-state index in [0.29, 0.717) is 6.54 Å². The van der Waals surface area contributed by atoms with Crippen molar-refractivity contribution in [2.24, 2.45) is 10.9 Å². The Balaban J connectivity index is 1.34. The minimum absolute atomic E-state index is 0.627. The van der Waals surface area contributed by atoms with Crippen LogP contribution in [-0.2, 0) is 13.1 Å². The number of hydrogen-bond acceptors (Lipinski definition) is 5. The fourth-order valence-corrected chi connectivity index (χ4v) is 3.52. The van der Waals surface area contributed by atoms with Crippen LogP contribution in [0, 0.1) is 5.92 Å². The maximum atomic E-state index is 6.04. The Bertz CT molecular complexity index is 780. The minimum atomic E-state index is 0.627. The molecule has 156 valence electrons. The van der Waals surface area contributed by atoms with Crippen LogP contribution in [0.5, 0.6) is 5.75 Å². The Morgan fingerprint density at radius 2 is 2.03 bits per heavy atom. The van der Waals surface area contributed by atoms with Crippen LogP contribution in [0.3, 0.4) is 0 Å². The van der Waals surface area contributed by atoms with Crippen molar-refractivity contribution in [2.45, 2.75) is 32.9 Å². The fraction of sp³-hybridized carbons (Fsp3) is 0.545. The van der Waals surface area contributed by atoms with Crippen molar-refractivity contribution in [3.8, 4) is 5.75 Å². The number of nitrogens with one attached hydrogen (secondary N) is 1. The monoisotopic (exact) mass is 397 g/mol. The second kappa shape index (κ2) is 9.78. The number of hydrogen-bond donors (Lipinski definition) is 1. The van der Waals surface area contributed by atoms with E-state index in [1.54, 1.807) is 6.26 Å². The maximum Gasteiger partial charge on any atom is 0.194 e. The topological polar surface area (TPSA) is 66.1 Å². The Hall–Kier alpha value is -2.54. The standard InChI is InChI=1S/C22H31N5O2/c1-2-23-22(27-12-10-26(11-13-27)16-20-9-14-29-25-20)24-15-19-5-3-4-6-21(19)28-17-18-7-8-18/h3-6,9,14,18H,2,7-8,10-13,15-17H2,1H3,(H,23,24). The molecule has 2 heterocycles. The molecule has 2 aromatic rings. The van der Waals surface area contributed by atoms with E-state index in [0.717, 1.165) is 74.8 Å². The lowest BCUT2D eigenvalue weighted by Gasteiger charge is -2.36. The summed E-state index contributed by atoms with van der Waals surface area (Å²) in [6.07, 6.45) is 4.23. The van der Waals surface area contributed by atoms with Gasteiger partial charge >= 0.3 is 0 Å². The molecule has 7 nitrogen and oxygen atoms in total. The third-order valence-corrected chi connectivity index (χ3v) is 5.43. The lowest BCUT2D eigenvalue weighted by atomic mass is 10.2. The second-order valence-corrected chi connectivity index (χ2v) is 7.79. The van der Waals surface area contributed by atoms with Crippen molar-refractivity contribution in [1.29, 1.82) is 0 Å². The van der Waals surface area contributed by atoms with Crippen molar-refractivity contribution in [3.05, 3.63) is 47.9 Å². The van der Waals surface area contributed by atoms with Crippen LogP contribution in [-0.4, -0.2) is 60.2 Å². The van der Waals surface area contributed by atoms with E-state index in [9.17, 15) is 0 Å². The molecule has 1 N–H and O–H groups in total. The zero-order valence-electron chi connectivity index (χ0n) is 17.2. The van der Waals surface area contributed by atoms with E-state index in [1.165, 1.54) is 12.8 Å². The predicted octanol–water partition coefficient (Wildman–Crippen LogP) is 2.75. The van der Waals surface area contributed by atoms with Gasteiger partial charge in [-0.25, -0.2) is 4.99 Å². The highest BCUT2D eigenvalue weighted by atomic mass is 16.5. The zero-order chi connectivity index (χ0) is 19.9. The van der Waals surface area contributed by atoms with Gasteiger partial charge in [0.05, 0.1) is 18.8 Å². The maximum absolute atomic E-state index is 6.04. The van der Waals surface area contributed by atoms with E-state index in [2.05, 4.69) is 45.4 Å². The third kappa shape index (κ3) is 5.73. The molecular weight excluding hydrogens is 366 g/mol. The Labute approximate surface area is 172 Å². The first-order valence-electron chi connectivity index (χ1n) is 10.7. The number of para-hydroxylation sites is 1. The van der Waals surface area contributed by atoms with Gasteiger partial charge in [0, 0.05) is 50.9 Å². The lowest BCUT2D eigenvalue weighted by molar-refractivity contribution is 0.169. The molecular formula is C22H31N5O2. The summed E-state index contributed by atoms with van der Waals surface area (Å²) in [6, 6.07) is 10.2. The van der Waals surface area contributed by atoms with Gasteiger partial charge in [-0.15, -0.1) is 0 Å². The fourth-order valence-electron chi connectivity index (χ4n) is 3.52. The van der Waals surface area contributed by atoms with Gasteiger partial charge in [0.25, 0.3) is 0 Å². The van der Waals surface area contributed by atoms with Crippen molar-refractivity contribution in [3.63, 3.8) is 0 Å². The first-order chi connectivity index (χ1) is 14.3. The van der Waals surface area contributed by atoms with Gasteiger partial charge in [-0.1, -0.05) is 23.4 Å². The van der Waals surface area contributed by atoms with Crippen molar-refractivity contribution in [1.82, 2.24) is 20.3 Å². The molecule has 1 aromatic carbocycles. The number of aliphatic imine (C=N–C) groups is 1. The van der Waals surface area contributed by atoms with E-state index in [4.69, 9.17) is 14.3 Å². The number of nitrogens with zero attached hydrogens (tertiary/aromatic N) is 4. The highest BCUT2D eigenvalue weighted by molar-refractivity contribution is 5.80. The molecule has 4 rings (SSSR count). The molecule has 0 radical (unpaired) electrons. The molecule has 0 bridgehead atoms. The van der Waals surface area contributed by atoms with Gasteiger partial charge in [0.2, 0.25) is 0 Å². The molecule has 1 aliphatic heterocycles. The van der Waals surface area contributed by atoms with Crippen molar-refractivity contribution in [2.75, 3.05) is 39.3 Å². The number of piperazine rings is 1. The molecule has 1 saturated heterocycles. The summed E-state index contributed by atoms with van der Waals surface area (Å²) in [5.41, 5.74) is 2.13. The van der Waals surface area contributed by atoms with E-state index < -0.39 is 0 Å². The Kier molecular flexibility index (Phi) is 6.67. The predicted molar refractivity (Wildman–Crippen MR) is 113 cm³/mol. The largest absolute Gasteiger partial charge is 0.493 e. The van der Waals surface area contributed by atoms with Crippen LogP contribution >= 0.6 is 0 Å². The molecule has 0 amide bonds. The molecule has 0 atom stereocenters. The molecule has 0 spiro atoms. The summed E-state index contributed by atoms with van der Waals surface area (Å²) >= 11 is 0. The van der Waals surface area contributed by atoms with Crippen molar-refractivity contribution >= 4 is 5.96 Å². The van der Waals surface area contributed by atoms with Gasteiger partial charge in [-0.3, -0.25) is 4.90 Å². The number of guanidine groups is 1. The summed E-state index contributed by atoms with van der Waals surface area (Å²) in [5, 5.41) is 7.47. The number of ether oxygens (including phenoxy) is 1. The summed E-state index contributed by atoms with van der Waals surface area (Å²) in [5.74, 6) is 2.69. The summed E-state index contributed by atoms with van der Waals surface area (Å²) < 4.78 is 11.0. The average molecular weight is 398 g/mol. The van der Waals surface area contributed by atoms with Gasteiger partial charge in [-0.05, 0) is 31.7 Å². The molecule has 1 aliphatic carbocycles. The lowest BCUT2D eigenvalue weighted by Crippen LogP contribution is -2.52. The number of benzene rings is 1. The molecule has 1 aromatic heterocycles. The SMILES string of the molecule is CCNC(=NCc1ccccc1OCC1CC1)N1CCN(Cc2ccon2)CC1. The van der Waals surface area contributed by atoms with E-state index in [1.807, 2.05) is 12.1 Å². The Morgan fingerprint density at radius 1 is 1.21 bits per heavy atom. The van der Waals surface area contributed by atoms with Gasteiger partial charge in [0.15, 0.2) is 5.96 Å². The Morgan fingerprint density at radius 3 is 2.76 bits per heavy atom. The van der Waals surface area contributed by atoms with Crippen LogP contribution in [0.15, 0.2) is 46.1 Å². The summed E-state index contributed by atoms with van der Waals surface area (Å²) in [4.78, 5) is 9.66. The molecule has 0 unspecified atom stereocenters. The first-order valence-corrected chi connectivity index (χ1v) is 10.7. The molecule has 2 fully saturated rings. The average Bonchev–Trinajstić information content (AvgIpc) is 3.45. The quantitative estimate of drug-likeness (QED) is 0.546. The molecule has 1 saturated carbocycles. The van der Waals surface area contributed by atoms with E-state index in [-0.39, 0.29) is 0 Å². The first kappa shape index (κ1) is 19.8. The number of aromatic nitrogens is 1.